The molecular formula is C13H13Cl4NO3. The molecule has 8 heteroatoms. The second-order valence-electron chi connectivity index (χ2n) is 3.81. The molecule has 0 aromatic heterocycles. The highest BCUT2D eigenvalue weighted by Crippen LogP contribution is 2.37. The first-order valence-corrected chi connectivity index (χ1v) is 7.47. The van der Waals surface area contributed by atoms with E-state index in [1.54, 1.807) is 12.1 Å². The maximum absolute atomic E-state index is 8.26. The van der Waals surface area contributed by atoms with Crippen molar-refractivity contribution in [2.75, 3.05) is 13.2 Å². The van der Waals surface area contributed by atoms with E-state index in [9.17, 15) is 0 Å². The summed E-state index contributed by atoms with van der Waals surface area (Å²) in [4.78, 5) is 0. The number of unbranched alkanes of at least 4 members (excludes halogenated alkanes) is 1. The molecule has 0 aliphatic rings. The highest BCUT2D eigenvalue weighted by atomic mass is 35.5. The highest BCUT2D eigenvalue weighted by Gasteiger charge is 2.10. The van der Waals surface area contributed by atoms with Gasteiger partial charge in [-0.1, -0.05) is 46.4 Å². The fraction of sp³-hybridized carbons (Fsp3) is 0.308. The van der Waals surface area contributed by atoms with Crippen LogP contribution < -0.4 is 9.47 Å². The predicted molar refractivity (Wildman–Crippen MR) is 86.8 cm³/mol. The molecule has 4 nitrogen and oxygen atoms in total. The molecule has 0 fully saturated rings. The lowest BCUT2D eigenvalue weighted by atomic mass is 10.3. The monoisotopic (exact) mass is 371 g/mol. The summed E-state index contributed by atoms with van der Waals surface area (Å²) in [7, 11) is 0. The van der Waals surface area contributed by atoms with Crippen molar-refractivity contribution >= 4 is 52.6 Å². The van der Waals surface area contributed by atoms with Crippen LogP contribution in [0.15, 0.2) is 27.9 Å². The van der Waals surface area contributed by atoms with Crippen molar-refractivity contribution < 1.29 is 14.7 Å². The van der Waals surface area contributed by atoms with Crippen molar-refractivity contribution in [2.45, 2.75) is 12.8 Å². The van der Waals surface area contributed by atoms with Crippen molar-refractivity contribution in [3.8, 4) is 11.5 Å². The van der Waals surface area contributed by atoms with Crippen LogP contribution in [0.5, 0.6) is 11.5 Å². The Bertz CT molecular complexity index is 493. The maximum Gasteiger partial charge on any atom is 0.156 e. The van der Waals surface area contributed by atoms with Crippen molar-refractivity contribution in [3.05, 3.63) is 32.7 Å². The van der Waals surface area contributed by atoms with E-state index >= 15 is 0 Å². The van der Waals surface area contributed by atoms with Crippen molar-refractivity contribution in [2.24, 2.45) is 5.16 Å². The maximum atomic E-state index is 8.26. The van der Waals surface area contributed by atoms with Crippen LogP contribution in [0.1, 0.15) is 12.8 Å². The standard InChI is InChI=1S/C13H13Cl4NO3/c14-10-7-9(20-6-3-12(16)17)8-11(15)13(10)21-5-2-1-4-18-19/h3-4,7-8,19H,1-2,5-6H2/b18-4+. The Morgan fingerprint density at radius 1 is 1.19 bits per heavy atom. The van der Waals surface area contributed by atoms with Gasteiger partial charge in [-0.25, -0.2) is 0 Å². The lowest BCUT2D eigenvalue weighted by Crippen LogP contribution is -2.00. The van der Waals surface area contributed by atoms with Gasteiger partial charge in [0.1, 0.15) is 16.8 Å². The summed E-state index contributed by atoms with van der Waals surface area (Å²) in [6, 6.07) is 3.18. The van der Waals surface area contributed by atoms with Crippen molar-refractivity contribution in [1.82, 2.24) is 0 Å². The topological polar surface area (TPSA) is 51.1 Å². The summed E-state index contributed by atoms with van der Waals surface area (Å²) in [5, 5.41) is 11.8. The first-order chi connectivity index (χ1) is 10.0. The third-order valence-corrected chi connectivity index (χ3v) is 3.14. The number of hydrogen-bond acceptors (Lipinski definition) is 4. The van der Waals surface area contributed by atoms with E-state index in [2.05, 4.69) is 5.16 Å². The molecule has 0 unspecified atom stereocenters. The first kappa shape index (κ1) is 18.2. The van der Waals surface area contributed by atoms with Gasteiger partial charge in [-0.2, -0.15) is 0 Å². The molecule has 0 aliphatic carbocycles. The lowest BCUT2D eigenvalue weighted by Gasteiger charge is -2.11. The molecule has 1 rings (SSSR count). The minimum Gasteiger partial charge on any atom is -0.490 e. The number of hydrogen-bond donors (Lipinski definition) is 1. The highest BCUT2D eigenvalue weighted by molar-refractivity contribution is 6.55. The van der Waals surface area contributed by atoms with Crippen LogP contribution in [0.25, 0.3) is 0 Å². The van der Waals surface area contributed by atoms with E-state index in [4.69, 9.17) is 61.1 Å². The molecular weight excluding hydrogens is 360 g/mol. The van der Waals surface area contributed by atoms with Gasteiger partial charge < -0.3 is 14.7 Å². The van der Waals surface area contributed by atoms with Gasteiger partial charge in [-0.15, -0.1) is 5.16 Å². The summed E-state index contributed by atoms with van der Waals surface area (Å²) in [5.41, 5.74) is 0. The number of ether oxygens (including phenoxy) is 2. The number of halogens is 4. The Kier molecular flexibility index (Phi) is 8.69. The Morgan fingerprint density at radius 2 is 1.86 bits per heavy atom. The van der Waals surface area contributed by atoms with Crippen LogP contribution in [0.3, 0.4) is 0 Å². The van der Waals surface area contributed by atoms with Gasteiger partial charge in [0.25, 0.3) is 0 Å². The van der Waals surface area contributed by atoms with Gasteiger partial charge in [-0.3, -0.25) is 0 Å². The quantitative estimate of drug-likeness (QED) is 0.291. The van der Waals surface area contributed by atoms with E-state index in [-0.39, 0.29) is 11.1 Å². The Hall–Kier alpha value is -0.810. The smallest absolute Gasteiger partial charge is 0.156 e. The average molecular weight is 373 g/mol. The van der Waals surface area contributed by atoms with Gasteiger partial charge >= 0.3 is 0 Å². The molecule has 0 radical (unpaired) electrons. The fourth-order valence-corrected chi connectivity index (χ4v) is 2.07. The molecule has 1 N–H and O–H groups in total. The van der Waals surface area contributed by atoms with E-state index in [1.165, 1.54) is 12.3 Å². The Labute approximate surface area is 142 Å². The SMILES string of the molecule is O/N=C/CCCOc1c(Cl)cc(OCC=C(Cl)Cl)cc1Cl. The summed E-state index contributed by atoms with van der Waals surface area (Å²) in [5.74, 6) is 0.869. The van der Waals surface area contributed by atoms with E-state index in [0.717, 1.165) is 0 Å². The number of nitrogens with zero attached hydrogens (tertiary/aromatic N) is 1. The first-order valence-electron chi connectivity index (χ1n) is 5.96. The molecule has 21 heavy (non-hydrogen) atoms. The predicted octanol–water partition coefficient (Wildman–Crippen LogP) is 5.31. The van der Waals surface area contributed by atoms with Crippen LogP contribution in [0.2, 0.25) is 10.0 Å². The molecule has 0 saturated heterocycles. The summed E-state index contributed by atoms with van der Waals surface area (Å²) >= 11 is 23.1. The molecule has 0 amide bonds. The molecule has 0 spiro atoms. The molecule has 1 aromatic rings. The van der Waals surface area contributed by atoms with Crippen molar-refractivity contribution in [1.29, 1.82) is 0 Å². The minimum absolute atomic E-state index is 0.124. The van der Waals surface area contributed by atoms with Crippen LogP contribution >= 0.6 is 46.4 Å². The van der Waals surface area contributed by atoms with Gasteiger partial charge in [0.2, 0.25) is 0 Å². The number of rotatable bonds is 8. The van der Waals surface area contributed by atoms with E-state index in [1.807, 2.05) is 0 Å². The Morgan fingerprint density at radius 3 is 2.43 bits per heavy atom. The molecule has 1 aromatic carbocycles. The van der Waals surface area contributed by atoms with Crippen LogP contribution in [-0.4, -0.2) is 24.6 Å². The van der Waals surface area contributed by atoms with E-state index in [0.29, 0.717) is 41.0 Å². The fourth-order valence-electron chi connectivity index (χ4n) is 1.37. The molecule has 0 bridgehead atoms. The number of oxime groups is 1. The zero-order valence-corrected chi connectivity index (χ0v) is 13.9. The molecule has 0 heterocycles. The zero-order valence-electron chi connectivity index (χ0n) is 10.9. The summed E-state index contributed by atoms with van der Waals surface area (Å²) < 4.78 is 11.0. The Balaban J connectivity index is 2.60. The van der Waals surface area contributed by atoms with Gasteiger partial charge in [0.15, 0.2) is 5.75 Å². The summed E-state index contributed by atoms with van der Waals surface area (Å²) in [6.07, 6.45) is 4.16. The van der Waals surface area contributed by atoms with Gasteiger partial charge in [0.05, 0.1) is 16.7 Å². The van der Waals surface area contributed by atoms with Crippen molar-refractivity contribution in [3.63, 3.8) is 0 Å². The second kappa shape index (κ2) is 10.0. The minimum atomic E-state index is 0.124. The van der Waals surface area contributed by atoms with Gasteiger partial charge in [0, 0.05) is 18.3 Å². The molecule has 116 valence electrons. The van der Waals surface area contributed by atoms with E-state index < -0.39 is 0 Å². The van der Waals surface area contributed by atoms with Crippen LogP contribution in [0.4, 0.5) is 0 Å². The summed E-state index contributed by atoms with van der Waals surface area (Å²) in [6.45, 7) is 0.603. The van der Waals surface area contributed by atoms with Crippen LogP contribution in [-0.2, 0) is 0 Å². The van der Waals surface area contributed by atoms with Gasteiger partial charge in [-0.05, 0) is 18.9 Å². The zero-order chi connectivity index (χ0) is 15.7. The molecule has 0 aliphatic heterocycles. The average Bonchev–Trinajstić information content (AvgIpc) is 2.40. The number of benzene rings is 1. The third kappa shape index (κ3) is 7.14. The second-order valence-corrected chi connectivity index (χ2v) is 5.63. The third-order valence-electron chi connectivity index (χ3n) is 2.27. The largest absolute Gasteiger partial charge is 0.490 e. The molecule has 0 saturated carbocycles. The lowest BCUT2D eigenvalue weighted by molar-refractivity contribution is 0.307. The molecule has 0 atom stereocenters. The van der Waals surface area contributed by atoms with Crippen LogP contribution in [0, 0.1) is 0 Å². The normalized spacial score (nSPS) is 10.7.